The standard InChI is InChI=1S/C22H27F5N4O4S/c23-14-15(24)17(26)20(18(27)16(14)25)35-22(34)29-9-5-1-4-8-28-13(32)7-3-2-6-12-19-11(10-36-12)30-21(33)31-19/h11-12,19H,1-10H2,(H,28,32)(H,29,34)(H2,30,31,33)/t11-,12+,19-/m1/s1. The minimum Gasteiger partial charge on any atom is -0.404 e. The third-order valence-electron chi connectivity index (χ3n) is 5.89. The number of fused-ring (bicyclic) bond motifs is 1. The summed E-state index contributed by atoms with van der Waals surface area (Å²) in [6, 6.07) is 0.227. The molecule has 0 aromatic heterocycles. The molecule has 2 fully saturated rings. The Morgan fingerprint density at radius 2 is 1.50 bits per heavy atom. The summed E-state index contributed by atoms with van der Waals surface area (Å²) in [6.07, 6.45) is 3.27. The van der Waals surface area contributed by atoms with Crippen molar-refractivity contribution < 1.29 is 41.1 Å². The maximum Gasteiger partial charge on any atom is 0.412 e. The van der Waals surface area contributed by atoms with Crippen LogP contribution in [0.5, 0.6) is 5.75 Å². The van der Waals surface area contributed by atoms with Gasteiger partial charge in [-0.1, -0.05) is 6.42 Å². The van der Waals surface area contributed by atoms with Gasteiger partial charge in [0.2, 0.25) is 40.7 Å². The predicted molar refractivity (Wildman–Crippen MR) is 121 cm³/mol. The molecule has 4 amide bonds. The van der Waals surface area contributed by atoms with Gasteiger partial charge in [-0.15, -0.1) is 0 Å². The van der Waals surface area contributed by atoms with Crippen molar-refractivity contribution in [3.8, 4) is 5.75 Å². The number of amides is 4. The van der Waals surface area contributed by atoms with Gasteiger partial charge in [-0.3, -0.25) is 4.79 Å². The highest BCUT2D eigenvalue weighted by molar-refractivity contribution is 8.00. The fourth-order valence-electron chi connectivity index (χ4n) is 4.01. The Kier molecular flexibility index (Phi) is 10.0. The number of ether oxygens (including phenoxy) is 1. The fourth-order valence-corrected chi connectivity index (χ4v) is 5.55. The van der Waals surface area contributed by atoms with Gasteiger partial charge in [0.25, 0.3) is 0 Å². The summed E-state index contributed by atoms with van der Waals surface area (Å²) < 4.78 is 70.5. The molecule has 1 aromatic rings. The van der Waals surface area contributed by atoms with E-state index in [0.29, 0.717) is 37.5 Å². The molecule has 14 heteroatoms. The quantitative estimate of drug-likeness (QED) is 0.107. The second-order valence-electron chi connectivity index (χ2n) is 8.49. The number of urea groups is 1. The first-order valence-electron chi connectivity index (χ1n) is 11.6. The normalized spacial score (nSPS) is 20.5. The molecule has 0 spiro atoms. The van der Waals surface area contributed by atoms with Gasteiger partial charge >= 0.3 is 12.1 Å². The Morgan fingerprint density at radius 1 is 0.861 bits per heavy atom. The summed E-state index contributed by atoms with van der Waals surface area (Å²) in [5.74, 6) is -12.1. The van der Waals surface area contributed by atoms with Crippen LogP contribution in [0.15, 0.2) is 0 Å². The molecule has 0 aliphatic carbocycles. The largest absolute Gasteiger partial charge is 0.412 e. The van der Waals surface area contributed by atoms with Crippen molar-refractivity contribution in [2.24, 2.45) is 0 Å². The van der Waals surface area contributed by atoms with Gasteiger partial charge in [0.15, 0.2) is 0 Å². The second kappa shape index (κ2) is 13.0. The smallest absolute Gasteiger partial charge is 0.404 e. The zero-order chi connectivity index (χ0) is 26.2. The molecule has 2 saturated heterocycles. The molecule has 1 aromatic carbocycles. The summed E-state index contributed by atoms with van der Waals surface area (Å²) in [6.45, 7) is 0.479. The van der Waals surface area contributed by atoms with Crippen molar-refractivity contribution in [2.75, 3.05) is 18.8 Å². The van der Waals surface area contributed by atoms with Crippen LogP contribution in [0.2, 0.25) is 0 Å². The monoisotopic (exact) mass is 538 g/mol. The summed E-state index contributed by atoms with van der Waals surface area (Å²) >= 11 is 1.83. The van der Waals surface area contributed by atoms with E-state index in [1.54, 1.807) is 0 Å². The predicted octanol–water partition coefficient (Wildman–Crippen LogP) is 3.48. The van der Waals surface area contributed by atoms with Crippen molar-refractivity contribution >= 4 is 29.8 Å². The van der Waals surface area contributed by atoms with E-state index in [1.807, 2.05) is 11.8 Å². The number of benzene rings is 1. The topological polar surface area (TPSA) is 109 Å². The Morgan fingerprint density at radius 3 is 2.19 bits per heavy atom. The lowest BCUT2D eigenvalue weighted by Gasteiger charge is -2.16. The first-order valence-corrected chi connectivity index (χ1v) is 12.7. The maximum atomic E-state index is 13.5. The number of unbranched alkanes of at least 4 members (excludes halogenated alkanes) is 3. The SMILES string of the molecule is O=C(CCCC[C@@H]1SC[C@H]2NC(=O)N[C@@H]12)NCCCCCNC(=O)Oc1c(F)c(F)c(F)c(F)c1F. The van der Waals surface area contributed by atoms with Gasteiger partial charge in [0.05, 0.1) is 12.1 Å². The van der Waals surface area contributed by atoms with Crippen LogP contribution in [0.3, 0.4) is 0 Å². The lowest BCUT2D eigenvalue weighted by molar-refractivity contribution is -0.121. The molecule has 2 aliphatic heterocycles. The molecule has 36 heavy (non-hydrogen) atoms. The molecule has 200 valence electrons. The average molecular weight is 539 g/mol. The molecule has 8 nitrogen and oxygen atoms in total. The molecule has 2 aliphatic rings. The molecule has 0 saturated carbocycles. The number of hydrogen-bond acceptors (Lipinski definition) is 5. The van der Waals surface area contributed by atoms with E-state index in [0.717, 1.165) is 25.0 Å². The summed E-state index contributed by atoms with van der Waals surface area (Å²) in [5, 5.41) is 11.2. The van der Waals surface area contributed by atoms with Gasteiger partial charge in [-0.2, -0.15) is 20.5 Å². The van der Waals surface area contributed by atoms with E-state index in [9.17, 15) is 36.3 Å². The third-order valence-corrected chi connectivity index (χ3v) is 7.40. The number of nitrogens with one attached hydrogen (secondary N) is 4. The zero-order valence-corrected chi connectivity index (χ0v) is 20.1. The van der Waals surface area contributed by atoms with Crippen molar-refractivity contribution in [1.82, 2.24) is 21.3 Å². The highest BCUT2D eigenvalue weighted by atomic mass is 32.2. The van der Waals surface area contributed by atoms with Crippen molar-refractivity contribution in [2.45, 2.75) is 62.3 Å². The van der Waals surface area contributed by atoms with E-state index >= 15 is 0 Å². The molecule has 4 N–H and O–H groups in total. The number of hydrogen-bond donors (Lipinski definition) is 4. The van der Waals surface area contributed by atoms with Gasteiger partial charge in [0, 0.05) is 30.5 Å². The number of rotatable bonds is 12. The minimum absolute atomic E-state index is 0.0409. The Hall–Kier alpha value is -2.77. The number of halogens is 5. The molecule has 0 unspecified atom stereocenters. The van der Waals surface area contributed by atoms with Gasteiger partial charge in [-0.25, -0.2) is 22.8 Å². The number of thioether (sulfide) groups is 1. The van der Waals surface area contributed by atoms with Crippen LogP contribution in [-0.2, 0) is 4.79 Å². The molecule has 0 bridgehead atoms. The van der Waals surface area contributed by atoms with Crippen molar-refractivity contribution in [1.29, 1.82) is 0 Å². The Labute approximate surface area is 208 Å². The van der Waals surface area contributed by atoms with E-state index in [1.165, 1.54) is 0 Å². The summed E-state index contributed by atoms with van der Waals surface area (Å²) in [7, 11) is 0. The molecule has 2 heterocycles. The van der Waals surface area contributed by atoms with Crippen LogP contribution in [0.4, 0.5) is 31.5 Å². The maximum absolute atomic E-state index is 13.5. The van der Waals surface area contributed by atoms with E-state index in [4.69, 9.17) is 0 Å². The highest BCUT2D eigenvalue weighted by Gasteiger charge is 2.42. The molecular formula is C22H27F5N4O4S. The van der Waals surface area contributed by atoms with Crippen molar-refractivity contribution in [3.05, 3.63) is 29.1 Å². The van der Waals surface area contributed by atoms with E-state index in [2.05, 4.69) is 26.0 Å². The van der Waals surface area contributed by atoms with Crippen molar-refractivity contribution in [3.63, 3.8) is 0 Å². The van der Waals surface area contributed by atoms with Gasteiger partial charge < -0.3 is 26.0 Å². The first kappa shape index (κ1) is 27.8. The lowest BCUT2D eigenvalue weighted by Crippen LogP contribution is -2.36. The summed E-state index contributed by atoms with van der Waals surface area (Å²) in [4.78, 5) is 34.9. The average Bonchev–Trinajstić information content (AvgIpc) is 3.40. The van der Waals surface area contributed by atoms with E-state index in [-0.39, 0.29) is 30.6 Å². The molecular weight excluding hydrogens is 511 g/mol. The molecule has 0 radical (unpaired) electrons. The number of carbonyl (C=O) groups is 3. The molecule has 3 atom stereocenters. The van der Waals surface area contributed by atoms with Crippen LogP contribution in [0.25, 0.3) is 0 Å². The third kappa shape index (κ3) is 7.14. The molecule has 3 rings (SSSR count). The van der Waals surface area contributed by atoms with Gasteiger partial charge in [-0.05, 0) is 32.1 Å². The fraction of sp³-hybridized carbons (Fsp3) is 0.591. The lowest BCUT2D eigenvalue weighted by atomic mass is 10.0. The highest BCUT2D eigenvalue weighted by Crippen LogP contribution is 2.33. The minimum atomic E-state index is -2.34. The second-order valence-corrected chi connectivity index (χ2v) is 9.77. The van der Waals surface area contributed by atoms with E-state index < -0.39 is 40.9 Å². The number of carbonyl (C=O) groups excluding carboxylic acids is 3. The summed E-state index contributed by atoms with van der Waals surface area (Å²) in [5.41, 5.74) is 0. The Bertz CT molecular complexity index is 957. The van der Waals surface area contributed by atoms with Crippen LogP contribution in [0, 0.1) is 29.1 Å². The van der Waals surface area contributed by atoms with Crippen LogP contribution < -0.4 is 26.0 Å². The van der Waals surface area contributed by atoms with Crippen LogP contribution in [0.1, 0.15) is 44.9 Å². The van der Waals surface area contributed by atoms with Gasteiger partial charge in [0.1, 0.15) is 0 Å². The van der Waals surface area contributed by atoms with Crippen LogP contribution >= 0.6 is 11.8 Å². The zero-order valence-electron chi connectivity index (χ0n) is 19.2. The Balaban J connectivity index is 1.20. The first-order chi connectivity index (χ1) is 17.2. The van der Waals surface area contributed by atoms with Crippen LogP contribution in [-0.4, -0.2) is 54.2 Å².